The van der Waals surface area contributed by atoms with Gasteiger partial charge in [-0.1, -0.05) is 13.8 Å². The van der Waals surface area contributed by atoms with Gasteiger partial charge in [0.25, 0.3) is 0 Å². The average Bonchev–Trinajstić information content (AvgIpc) is 3.06. The Bertz CT molecular complexity index is 695. The van der Waals surface area contributed by atoms with E-state index in [1.807, 2.05) is 5.38 Å². The fraction of sp³-hybridized carbons (Fsp3) is 0.471. The van der Waals surface area contributed by atoms with E-state index in [2.05, 4.69) is 18.7 Å². The Labute approximate surface area is 143 Å². The van der Waals surface area contributed by atoms with Crippen LogP contribution in [0, 0.1) is 5.82 Å². The van der Waals surface area contributed by atoms with Crippen LogP contribution in [0.2, 0.25) is 0 Å². The lowest BCUT2D eigenvalue weighted by molar-refractivity contribution is 0.496. The third kappa shape index (κ3) is 3.19. The maximum Gasteiger partial charge on any atom is 0.185 e. The van der Waals surface area contributed by atoms with Crippen LogP contribution >= 0.6 is 11.3 Å². The maximum absolute atomic E-state index is 13.0. The Hall–Kier alpha value is -1.27. The fourth-order valence-corrected chi connectivity index (χ4v) is 5.65. The van der Waals surface area contributed by atoms with Crippen LogP contribution in [0.1, 0.15) is 26.7 Å². The highest BCUT2D eigenvalue weighted by Gasteiger charge is 2.39. The van der Waals surface area contributed by atoms with E-state index >= 15 is 0 Å². The van der Waals surface area contributed by atoms with Crippen molar-refractivity contribution in [1.82, 2.24) is 4.98 Å². The van der Waals surface area contributed by atoms with Crippen LogP contribution in [0.15, 0.2) is 29.6 Å². The van der Waals surface area contributed by atoms with Crippen molar-refractivity contribution in [3.05, 3.63) is 35.5 Å². The van der Waals surface area contributed by atoms with E-state index in [9.17, 15) is 8.60 Å². The number of hydrogen-bond donors (Lipinski definition) is 0. The highest BCUT2D eigenvalue weighted by atomic mass is 32.2. The number of hydrogen-bond acceptors (Lipinski definition) is 4. The first-order chi connectivity index (χ1) is 11.1. The highest BCUT2D eigenvalue weighted by Crippen LogP contribution is 2.34. The van der Waals surface area contributed by atoms with E-state index in [0.29, 0.717) is 5.75 Å². The summed E-state index contributed by atoms with van der Waals surface area (Å²) >= 11 is 1.60. The van der Waals surface area contributed by atoms with Gasteiger partial charge in [-0.25, -0.2) is 9.37 Å². The minimum atomic E-state index is -0.769. The number of halogens is 1. The first-order valence-electron chi connectivity index (χ1n) is 7.93. The average molecular weight is 353 g/mol. The summed E-state index contributed by atoms with van der Waals surface area (Å²) in [5, 5.41) is 2.97. The quantitative estimate of drug-likeness (QED) is 0.831. The van der Waals surface area contributed by atoms with Crippen LogP contribution in [0.25, 0.3) is 11.3 Å². The Morgan fingerprint density at radius 2 is 2.00 bits per heavy atom. The molecule has 2 heterocycles. The van der Waals surface area contributed by atoms with E-state index in [1.165, 1.54) is 12.1 Å². The van der Waals surface area contributed by atoms with Crippen LogP contribution in [-0.2, 0) is 10.8 Å². The second-order valence-electron chi connectivity index (χ2n) is 5.88. The van der Waals surface area contributed by atoms with Crippen LogP contribution in [-0.4, -0.2) is 32.8 Å². The normalized spacial score (nSPS) is 20.7. The predicted octanol–water partition coefficient (Wildman–Crippen LogP) is 4.08. The SMILES string of the molecule is CCC1(CC)CN(c2nc(-c3ccc(F)cc3)cs2)CCS1=O. The van der Waals surface area contributed by atoms with Crippen molar-refractivity contribution in [3.63, 3.8) is 0 Å². The summed E-state index contributed by atoms with van der Waals surface area (Å²) in [5.74, 6) is 0.464. The molecule has 0 bridgehead atoms. The summed E-state index contributed by atoms with van der Waals surface area (Å²) in [4.78, 5) is 6.97. The lowest BCUT2D eigenvalue weighted by Crippen LogP contribution is -2.53. The lowest BCUT2D eigenvalue weighted by atomic mass is 10.0. The van der Waals surface area contributed by atoms with Crippen molar-refractivity contribution in [3.8, 4) is 11.3 Å². The van der Waals surface area contributed by atoms with Crippen LogP contribution < -0.4 is 4.90 Å². The molecule has 0 radical (unpaired) electrons. The first-order valence-corrected chi connectivity index (χ1v) is 10.1. The molecule has 2 aromatic rings. The molecular formula is C17H21FN2OS2. The Kier molecular flexibility index (Phi) is 4.82. The summed E-state index contributed by atoms with van der Waals surface area (Å²) in [7, 11) is -0.769. The van der Waals surface area contributed by atoms with Gasteiger partial charge in [0.2, 0.25) is 0 Å². The number of aromatic nitrogens is 1. The van der Waals surface area contributed by atoms with Crippen LogP contribution in [0.4, 0.5) is 9.52 Å². The zero-order chi connectivity index (χ0) is 16.4. The maximum atomic E-state index is 13.0. The summed E-state index contributed by atoms with van der Waals surface area (Å²) in [6.07, 6.45) is 1.84. The van der Waals surface area contributed by atoms with E-state index in [1.54, 1.807) is 23.5 Å². The molecule has 124 valence electrons. The van der Waals surface area contributed by atoms with E-state index < -0.39 is 10.8 Å². The third-order valence-electron chi connectivity index (χ3n) is 4.70. The molecule has 0 N–H and O–H groups in total. The Morgan fingerprint density at radius 3 is 2.65 bits per heavy atom. The summed E-state index contributed by atoms with van der Waals surface area (Å²) in [6.45, 7) is 5.82. The first kappa shape index (κ1) is 16.6. The molecule has 1 aliphatic rings. The van der Waals surface area contributed by atoms with Crippen molar-refractivity contribution in [1.29, 1.82) is 0 Å². The number of thiazole rings is 1. The number of rotatable bonds is 4. The topological polar surface area (TPSA) is 33.2 Å². The highest BCUT2D eigenvalue weighted by molar-refractivity contribution is 7.86. The standard InChI is InChI=1S/C17H21FN2OS2/c1-3-17(4-2)12-20(9-10-23(17)21)16-19-15(11-22-16)13-5-7-14(18)8-6-13/h5-8,11H,3-4,9-10,12H2,1-2H3. The lowest BCUT2D eigenvalue weighted by Gasteiger charge is -2.41. The number of anilines is 1. The summed E-state index contributed by atoms with van der Waals surface area (Å²) in [6, 6.07) is 6.42. The molecule has 1 aliphatic heterocycles. The molecule has 0 saturated carbocycles. The molecular weight excluding hydrogens is 331 g/mol. The summed E-state index contributed by atoms with van der Waals surface area (Å²) < 4.78 is 25.4. The van der Waals surface area contributed by atoms with Crippen molar-refractivity contribution in [2.24, 2.45) is 0 Å². The molecule has 3 rings (SSSR count). The van der Waals surface area contributed by atoms with Crippen molar-refractivity contribution in [2.45, 2.75) is 31.4 Å². The van der Waals surface area contributed by atoms with E-state index in [4.69, 9.17) is 4.98 Å². The van der Waals surface area contributed by atoms with Crippen molar-refractivity contribution in [2.75, 3.05) is 23.7 Å². The molecule has 3 nitrogen and oxygen atoms in total. The minimum Gasteiger partial charge on any atom is -0.346 e. The second kappa shape index (κ2) is 6.69. The fourth-order valence-electron chi connectivity index (χ4n) is 3.03. The molecule has 1 fully saturated rings. The van der Waals surface area contributed by atoms with Gasteiger partial charge in [-0.15, -0.1) is 11.3 Å². The van der Waals surface area contributed by atoms with Crippen molar-refractivity contribution < 1.29 is 8.60 Å². The van der Waals surface area contributed by atoms with Crippen LogP contribution in [0.3, 0.4) is 0 Å². The largest absolute Gasteiger partial charge is 0.346 e. The Balaban J connectivity index is 1.83. The van der Waals surface area contributed by atoms with Gasteiger partial charge in [0.1, 0.15) is 5.82 Å². The zero-order valence-electron chi connectivity index (χ0n) is 13.4. The van der Waals surface area contributed by atoms with Gasteiger partial charge in [-0.2, -0.15) is 0 Å². The summed E-state index contributed by atoms with van der Waals surface area (Å²) in [5.41, 5.74) is 1.79. The van der Waals surface area contributed by atoms with Gasteiger partial charge in [0, 0.05) is 40.6 Å². The van der Waals surface area contributed by atoms with Gasteiger partial charge in [-0.05, 0) is 37.1 Å². The van der Waals surface area contributed by atoms with E-state index in [-0.39, 0.29) is 10.6 Å². The van der Waals surface area contributed by atoms with Gasteiger partial charge < -0.3 is 4.90 Å². The van der Waals surface area contributed by atoms with Crippen molar-refractivity contribution >= 4 is 27.3 Å². The van der Waals surface area contributed by atoms with Crippen LogP contribution in [0.5, 0.6) is 0 Å². The number of benzene rings is 1. The molecule has 0 amide bonds. The van der Waals surface area contributed by atoms with E-state index in [0.717, 1.165) is 42.3 Å². The Morgan fingerprint density at radius 1 is 1.30 bits per heavy atom. The molecule has 23 heavy (non-hydrogen) atoms. The molecule has 1 saturated heterocycles. The smallest absolute Gasteiger partial charge is 0.185 e. The molecule has 1 aromatic heterocycles. The van der Waals surface area contributed by atoms with Gasteiger partial charge >= 0.3 is 0 Å². The van der Waals surface area contributed by atoms with Gasteiger partial charge in [0.05, 0.1) is 10.4 Å². The third-order valence-corrected chi connectivity index (χ3v) is 7.83. The molecule has 0 aliphatic carbocycles. The second-order valence-corrected chi connectivity index (χ2v) is 8.69. The monoisotopic (exact) mass is 352 g/mol. The molecule has 0 spiro atoms. The molecule has 1 aromatic carbocycles. The molecule has 1 unspecified atom stereocenters. The molecule has 6 heteroatoms. The zero-order valence-corrected chi connectivity index (χ0v) is 15.1. The number of nitrogens with zero attached hydrogens (tertiary/aromatic N) is 2. The predicted molar refractivity (Wildman–Crippen MR) is 96.0 cm³/mol. The molecule has 1 atom stereocenters. The van der Waals surface area contributed by atoms with Gasteiger partial charge in [-0.3, -0.25) is 4.21 Å². The van der Waals surface area contributed by atoms with Gasteiger partial charge in [0.15, 0.2) is 5.13 Å². The minimum absolute atomic E-state index is 0.125.